The molecule has 3 heteroatoms. The highest BCUT2D eigenvalue weighted by Gasteiger charge is 2.17. The molecule has 1 aromatic rings. The van der Waals surface area contributed by atoms with E-state index in [1.807, 2.05) is 32.2 Å². The first kappa shape index (κ1) is 15.5. The molecule has 0 aliphatic heterocycles. The van der Waals surface area contributed by atoms with Gasteiger partial charge in [0.2, 0.25) is 0 Å². The summed E-state index contributed by atoms with van der Waals surface area (Å²) in [5, 5.41) is 6.20. The van der Waals surface area contributed by atoms with E-state index in [0.29, 0.717) is 5.92 Å². The largest absolute Gasteiger partial charge is 0.388 e. The van der Waals surface area contributed by atoms with Crippen molar-refractivity contribution in [1.82, 2.24) is 5.32 Å². The van der Waals surface area contributed by atoms with Crippen molar-refractivity contribution in [2.45, 2.75) is 46.6 Å². The SMILES string of the molecule is CCC(CC)C(C)NC(=O)c1ccc(NC)cc1C. The fraction of sp³-hybridized carbons (Fsp3) is 0.562. The van der Waals surface area contributed by atoms with E-state index in [1.54, 1.807) is 0 Å². The van der Waals surface area contributed by atoms with Crippen molar-refractivity contribution in [3.8, 4) is 0 Å². The summed E-state index contributed by atoms with van der Waals surface area (Å²) in [4.78, 5) is 12.3. The normalized spacial score (nSPS) is 12.3. The summed E-state index contributed by atoms with van der Waals surface area (Å²) in [7, 11) is 1.88. The predicted octanol–water partition coefficient (Wildman–Crippen LogP) is 3.59. The molecular formula is C16H26N2O. The van der Waals surface area contributed by atoms with Crippen LogP contribution in [0.3, 0.4) is 0 Å². The smallest absolute Gasteiger partial charge is 0.251 e. The fourth-order valence-electron chi connectivity index (χ4n) is 2.47. The third-order valence-electron chi connectivity index (χ3n) is 3.87. The Bertz CT molecular complexity index is 425. The molecule has 1 unspecified atom stereocenters. The zero-order valence-corrected chi connectivity index (χ0v) is 12.7. The van der Waals surface area contributed by atoms with Crippen LogP contribution in [0.2, 0.25) is 0 Å². The zero-order chi connectivity index (χ0) is 14.4. The number of carbonyl (C=O) groups is 1. The maximum absolute atomic E-state index is 12.3. The van der Waals surface area contributed by atoms with Gasteiger partial charge in [-0.15, -0.1) is 0 Å². The number of rotatable bonds is 6. The fourth-order valence-corrected chi connectivity index (χ4v) is 2.47. The monoisotopic (exact) mass is 262 g/mol. The molecule has 0 saturated carbocycles. The Labute approximate surface area is 116 Å². The Balaban J connectivity index is 2.78. The van der Waals surface area contributed by atoms with Gasteiger partial charge in [-0.05, 0) is 43.5 Å². The Morgan fingerprint density at radius 2 is 1.89 bits per heavy atom. The Morgan fingerprint density at radius 3 is 2.37 bits per heavy atom. The minimum absolute atomic E-state index is 0.0274. The van der Waals surface area contributed by atoms with Crippen LogP contribution in [0.25, 0.3) is 0 Å². The van der Waals surface area contributed by atoms with Gasteiger partial charge < -0.3 is 10.6 Å². The lowest BCUT2D eigenvalue weighted by Crippen LogP contribution is -2.38. The molecule has 0 radical (unpaired) electrons. The maximum Gasteiger partial charge on any atom is 0.251 e. The van der Waals surface area contributed by atoms with Gasteiger partial charge in [-0.3, -0.25) is 4.79 Å². The van der Waals surface area contributed by atoms with Crippen molar-refractivity contribution >= 4 is 11.6 Å². The van der Waals surface area contributed by atoms with Crippen LogP contribution >= 0.6 is 0 Å². The number of carbonyl (C=O) groups excluding carboxylic acids is 1. The van der Waals surface area contributed by atoms with Crippen LogP contribution < -0.4 is 10.6 Å². The van der Waals surface area contributed by atoms with Gasteiger partial charge in [-0.1, -0.05) is 26.7 Å². The van der Waals surface area contributed by atoms with E-state index in [2.05, 4.69) is 31.4 Å². The average Bonchev–Trinajstić information content (AvgIpc) is 2.39. The lowest BCUT2D eigenvalue weighted by atomic mass is 9.95. The van der Waals surface area contributed by atoms with Crippen molar-refractivity contribution in [2.24, 2.45) is 5.92 Å². The van der Waals surface area contributed by atoms with Crippen molar-refractivity contribution in [2.75, 3.05) is 12.4 Å². The third kappa shape index (κ3) is 3.98. The van der Waals surface area contributed by atoms with E-state index in [-0.39, 0.29) is 11.9 Å². The summed E-state index contributed by atoms with van der Waals surface area (Å²) in [6, 6.07) is 6.03. The lowest BCUT2D eigenvalue weighted by Gasteiger charge is -2.23. The summed E-state index contributed by atoms with van der Waals surface area (Å²) >= 11 is 0. The van der Waals surface area contributed by atoms with Crippen LogP contribution in [0.4, 0.5) is 5.69 Å². The minimum Gasteiger partial charge on any atom is -0.388 e. The van der Waals surface area contributed by atoms with Crippen molar-refractivity contribution in [3.05, 3.63) is 29.3 Å². The van der Waals surface area contributed by atoms with E-state index < -0.39 is 0 Å². The highest BCUT2D eigenvalue weighted by molar-refractivity contribution is 5.96. The molecule has 1 atom stereocenters. The van der Waals surface area contributed by atoms with E-state index in [9.17, 15) is 4.79 Å². The number of nitrogens with one attached hydrogen (secondary N) is 2. The molecule has 1 amide bonds. The number of hydrogen-bond acceptors (Lipinski definition) is 2. The van der Waals surface area contributed by atoms with Crippen LogP contribution in [-0.2, 0) is 0 Å². The summed E-state index contributed by atoms with van der Waals surface area (Å²) in [5.41, 5.74) is 2.79. The number of benzene rings is 1. The van der Waals surface area contributed by atoms with Gasteiger partial charge in [-0.25, -0.2) is 0 Å². The molecule has 0 saturated heterocycles. The second-order valence-electron chi connectivity index (χ2n) is 5.12. The van der Waals surface area contributed by atoms with Gasteiger partial charge in [0, 0.05) is 24.3 Å². The van der Waals surface area contributed by atoms with Gasteiger partial charge in [0.05, 0.1) is 0 Å². The Kier molecular flexibility index (Phi) is 5.87. The summed E-state index contributed by atoms with van der Waals surface area (Å²) in [6.07, 6.45) is 2.19. The minimum atomic E-state index is 0.0274. The molecule has 0 spiro atoms. The molecule has 0 aromatic heterocycles. The molecule has 0 aliphatic carbocycles. The lowest BCUT2D eigenvalue weighted by molar-refractivity contribution is 0.0924. The topological polar surface area (TPSA) is 41.1 Å². The van der Waals surface area contributed by atoms with Crippen molar-refractivity contribution < 1.29 is 4.79 Å². The standard InChI is InChI=1S/C16H26N2O/c1-6-13(7-2)12(4)18-16(19)15-9-8-14(17-5)10-11(15)3/h8-10,12-13,17H,6-7H2,1-5H3,(H,18,19). The number of hydrogen-bond donors (Lipinski definition) is 2. The van der Waals surface area contributed by atoms with Crippen molar-refractivity contribution in [1.29, 1.82) is 0 Å². The molecule has 0 heterocycles. The summed E-state index contributed by atoms with van der Waals surface area (Å²) in [5.74, 6) is 0.570. The molecule has 2 N–H and O–H groups in total. The van der Waals surface area contributed by atoms with Gasteiger partial charge >= 0.3 is 0 Å². The van der Waals surface area contributed by atoms with Gasteiger partial charge in [0.15, 0.2) is 0 Å². The van der Waals surface area contributed by atoms with Gasteiger partial charge in [0.1, 0.15) is 0 Å². The van der Waals surface area contributed by atoms with Crippen LogP contribution in [0.5, 0.6) is 0 Å². The first-order chi connectivity index (χ1) is 9.03. The molecule has 1 aromatic carbocycles. The molecular weight excluding hydrogens is 236 g/mol. The van der Waals surface area contributed by atoms with Crippen LogP contribution in [0.15, 0.2) is 18.2 Å². The maximum atomic E-state index is 12.3. The van der Waals surface area contributed by atoms with Gasteiger partial charge in [-0.2, -0.15) is 0 Å². The molecule has 106 valence electrons. The van der Waals surface area contributed by atoms with Crippen molar-refractivity contribution in [3.63, 3.8) is 0 Å². The summed E-state index contributed by atoms with van der Waals surface area (Å²) in [6.45, 7) is 8.40. The van der Waals surface area contributed by atoms with E-state index in [1.165, 1.54) is 0 Å². The molecule has 19 heavy (non-hydrogen) atoms. The molecule has 3 nitrogen and oxygen atoms in total. The first-order valence-corrected chi connectivity index (χ1v) is 7.12. The molecule has 0 fully saturated rings. The second-order valence-corrected chi connectivity index (χ2v) is 5.12. The van der Waals surface area contributed by atoms with Crippen LogP contribution in [-0.4, -0.2) is 19.0 Å². The molecule has 1 rings (SSSR count). The first-order valence-electron chi connectivity index (χ1n) is 7.12. The summed E-state index contributed by atoms with van der Waals surface area (Å²) < 4.78 is 0. The molecule has 0 aliphatic rings. The zero-order valence-electron chi connectivity index (χ0n) is 12.7. The quantitative estimate of drug-likeness (QED) is 0.822. The Hall–Kier alpha value is -1.51. The van der Waals surface area contributed by atoms with Crippen LogP contribution in [0, 0.1) is 12.8 Å². The highest BCUT2D eigenvalue weighted by atomic mass is 16.1. The average molecular weight is 262 g/mol. The third-order valence-corrected chi connectivity index (χ3v) is 3.87. The number of amides is 1. The number of aryl methyl sites for hydroxylation is 1. The number of anilines is 1. The second kappa shape index (κ2) is 7.17. The molecule has 0 bridgehead atoms. The highest BCUT2D eigenvalue weighted by Crippen LogP contribution is 2.17. The van der Waals surface area contributed by atoms with E-state index in [0.717, 1.165) is 29.7 Å². The van der Waals surface area contributed by atoms with E-state index in [4.69, 9.17) is 0 Å². The van der Waals surface area contributed by atoms with Crippen LogP contribution in [0.1, 0.15) is 49.5 Å². The van der Waals surface area contributed by atoms with Gasteiger partial charge in [0.25, 0.3) is 5.91 Å². The Morgan fingerprint density at radius 1 is 1.26 bits per heavy atom. The van der Waals surface area contributed by atoms with E-state index >= 15 is 0 Å². The predicted molar refractivity (Wildman–Crippen MR) is 81.7 cm³/mol.